The van der Waals surface area contributed by atoms with Crippen molar-refractivity contribution in [2.45, 2.75) is 6.92 Å². The fourth-order valence-electron chi connectivity index (χ4n) is 2.26. The number of esters is 1. The van der Waals surface area contributed by atoms with Crippen LogP contribution in [0.1, 0.15) is 12.5 Å². The molecule has 2 aromatic rings. The zero-order valence-electron chi connectivity index (χ0n) is 16.3. The van der Waals surface area contributed by atoms with E-state index in [-0.39, 0.29) is 12.2 Å². The van der Waals surface area contributed by atoms with E-state index in [2.05, 4.69) is 11.8 Å². The van der Waals surface area contributed by atoms with Crippen molar-refractivity contribution in [2.24, 2.45) is 0 Å². The summed E-state index contributed by atoms with van der Waals surface area (Å²) in [5, 5.41) is 0. The molecule has 6 heteroatoms. The first-order chi connectivity index (χ1) is 13.6. The van der Waals surface area contributed by atoms with Gasteiger partial charge in [-0.1, -0.05) is 30.0 Å². The van der Waals surface area contributed by atoms with Crippen LogP contribution in [-0.2, 0) is 9.53 Å². The minimum atomic E-state index is -0.571. The Morgan fingerprint density at radius 2 is 1.64 bits per heavy atom. The minimum Gasteiger partial charge on any atom is -0.493 e. The summed E-state index contributed by atoms with van der Waals surface area (Å²) in [7, 11) is 4.56. The number of hydrogen-bond donors (Lipinski definition) is 0. The van der Waals surface area contributed by atoms with Crippen LogP contribution in [0.4, 0.5) is 0 Å². The van der Waals surface area contributed by atoms with Crippen molar-refractivity contribution in [3.05, 3.63) is 59.9 Å². The molecule has 0 amide bonds. The second-order valence-corrected chi connectivity index (χ2v) is 5.35. The van der Waals surface area contributed by atoms with E-state index in [1.54, 1.807) is 31.2 Å². The second-order valence-electron chi connectivity index (χ2n) is 5.35. The van der Waals surface area contributed by atoms with Crippen LogP contribution in [0.2, 0.25) is 0 Å². The Bertz CT molecular complexity index is 865. The number of carbonyl (C=O) groups is 1. The largest absolute Gasteiger partial charge is 0.493 e. The molecule has 0 N–H and O–H groups in total. The molecule has 0 aliphatic heterocycles. The molecule has 2 rings (SSSR count). The van der Waals surface area contributed by atoms with Crippen molar-refractivity contribution >= 4 is 5.97 Å². The van der Waals surface area contributed by atoms with Crippen LogP contribution < -0.4 is 18.9 Å². The van der Waals surface area contributed by atoms with Gasteiger partial charge in [0.15, 0.2) is 11.5 Å². The molecule has 0 aromatic heterocycles. The topological polar surface area (TPSA) is 63.2 Å². The van der Waals surface area contributed by atoms with E-state index >= 15 is 0 Å². The first-order valence-corrected chi connectivity index (χ1v) is 8.54. The molecule has 0 fully saturated rings. The maximum atomic E-state index is 12.2. The third-order valence-corrected chi connectivity index (χ3v) is 3.56. The molecular weight excluding hydrogens is 360 g/mol. The van der Waals surface area contributed by atoms with Gasteiger partial charge in [0.05, 0.1) is 27.9 Å². The lowest BCUT2D eigenvalue weighted by atomic mass is 10.1. The van der Waals surface area contributed by atoms with Crippen molar-refractivity contribution in [2.75, 3.05) is 27.9 Å². The van der Waals surface area contributed by atoms with E-state index in [0.717, 1.165) is 0 Å². The average molecular weight is 382 g/mol. The van der Waals surface area contributed by atoms with Gasteiger partial charge >= 0.3 is 5.97 Å². The lowest BCUT2D eigenvalue weighted by molar-refractivity contribution is -0.138. The van der Waals surface area contributed by atoms with Crippen LogP contribution in [0.25, 0.3) is 0 Å². The molecular formula is C22H22O6. The van der Waals surface area contributed by atoms with E-state index < -0.39 is 5.97 Å². The van der Waals surface area contributed by atoms with E-state index in [9.17, 15) is 4.79 Å². The van der Waals surface area contributed by atoms with Crippen LogP contribution in [0.15, 0.2) is 54.3 Å². The number of ether oxygens (including phenoxy) is 5. The van der Waals surface area contributed by atoms with E-state index in [1.807, 2.05) is 18.2 Å². The molecule has 6 nitrogen and oxygen atoms in total. The molecule has 0 aliphatic rings. The second kappa shape index (κ2) is 10.5. The Morgan fingerprint density at radius 3 is 2.18 bits per heavy atom. The Balaban J connectivity index is 2.37. The third-order valence-electron chi connectivity index (χ3n) is 3.56. The van der Waals surface area contributed by atoms with Crippen molar-refractivity contribution in [1.82, 2.24) is 0 Å². The molecule has 0 saturated carbocycles. The fraction of sp³-hybridized carbons (Fsp3) is 0.227. The van der Waals surface area contributed by atoms with Crippen LogP contribution in [0, 0.1) is 11.8 Å². The number of hydrogen-bond acceptors (Lipinski definition) is 6. The number of carbonyl (C=O) groups excluding carboxylic acids is 1. The van der Waals surface area contributed by atoms with E-state index in [1.165, 1.54) is 27.6 Å². The summed E-state index contributed by atoms with van der Waals surface area (Å²) in [6, 6.07) is 12.4. The lowest BCUT2D eigenvalue weighted by Gasteiger charge is -2.12. The Morgan fingerprint density at radius 1 is 1.00 bits per heavy atom. The number of methoxy groups -OCH3 is 3. The third kappa shape index (κ3) is 5.45. The highest BCUT2D eigenvalue weighted by Gasteiger charge is 2.13. The molecule has 0 saturated heterocycles. The average Bonchev–Trinajstić information content (AvgIpc) is 2.73. The van der Waals surface area contributed by atoms with Gasteiger partial charge in [0, 0.05) is 5.56 Å². The van der Waals surface area contributed by atoms with Gasteiger partial charge in [0.2, 0.25) is 5.75 Å². The number of benzene rings is 2. The Labute approximate surface area is 164 Å². The quantitative estimate of drug-likeness (QED) is 0.316. The van der Waals surface area contributed by atoms with Gasteiger partial charge in [-0.3, -0.25) is 0 Å². The highest BCUT2D eigenvalue weighted by atomic mass is 16.5. The monoisotopic (exact) mass is 382 g/mol. The van der Waals surface area contributed by atoms with Crippen molar-refractivity contribution in [3.63, 3.8) is 0 Å². The van der Waals surface area contributed by atoms with Gasteiger partial charge in [-0.25, -0.2) is 4.79 Å². The minimum absolute atomic E-state index is 0.0828. The molecule has 2 aromatic carbocycles. The smallest absolute Gasteiger partial charge is 0.349 e. The Kier molecular flexibility index (Phi) is 7.79. The summed E-state index contributed by atoms with van der Waals surface area (Å²) >= 11 is 0. The molecule has 0 heterocycles. The summed E-state index contributed by atoms with van der Waals surface area (Å²) in [5.74, 6) is 7.10. The Hall–Kier alpha value is -3.59. The summed E-state index contributed by atoms with van der Waals surface area (Å²) in [5.41, 5.74) is 0.656. The SMILES string of the molecule is CCOC(=O)/C(C#Cc1cc(OC)c(OC)c(OC)c1)=C/Oc1ccccc1. The maximum absolute atomic E-state index is 12.2. The molecule has 28 heavy (non-hydrogen) atoms. The molecule has 0 atom stereocenters. The van der Waals surface area contributed by atoms with Gasteiger partial charge in [-0.2, -0.15) is 0 Å². The first-order valence-electron chi connectivity index (χ1n) is 8.54. The van der Waals surface area contributed by atoms with Crippen molar-refractivity contribution in [1.29, 1.82) is 0 Å². The van der Waals surface area contributed by atoms with Gasteiger partial charge in [-0.15, -0.1) is 0 Å². The zero-order valence-corrected chi connectivity index (χ0v) is 16.3. The van der Waals surface area contributed by atoms with Crippen molar-refractivity contribution in [3.8, 4) is 34.8 Å². The van der Waals surface area contributed by atoms with Crippen LogP contribution in [0.3, 0.4) is 0 Å². The fourth-order valence-corrected chi connectivity index (χ4v) is 2.26. The van der Waals surface area contributed by atoms with E-state index in [0.29, 0.717) is 28.6 Å². The summed E-state index contributed by atoms with van der Waals surface area (Å²) in [6.07, 6.45) is 1.28. The predicted octanol–water partition coefficient (Wildman–Crippen LogP) is 3.59. The predicted molar refractivity (Wildman–Crippen MR) is 105 cm³/mol. The highest BCUT2D eigenvalue weighted by molar-refractivity contribution is 5.93. The molecule has 0 bridgehead atoms. The lowest BCUT2D eigenvalue weighted by Crippen LogP contribution is -2.07. The van der Waals surface area contributed by atoms with Gasteiger partial charge in [-0.05, 0) is 31.2 Å². The van der Waals surface area contributed by atoms with Crippen molar-refractivity contribution < 1.29 is 28.5 Å². The summed E-state index contributed by atoms with van der Waals surface area (Å²) in [6.45, 7) is 1.95. The first kappa shape index (κ1) is 20.7. The summed E-state index contributed by atoms with van der Waals surface area (Å²) in [4.78, 5) is 12.2. The number of rotatable bonds is 7. The molecule has 146 valence electrons. The van der Waals surface area contributed by atoms with Gasteiger partial charge in [0.1, 0.15) is 17.6 Å². The molecule has 0 spiro atoms. The van der Waals surface area contributed by atoms with Crippen LogP contribution in [0.5, 0.6) is 23.0 Å². The molecule has 0 aliphatic carbocycles. The zero-order chi connectivity index (χ0) is 20.4. The highest BCUT2D eigenvalue weighted by Crippen LogP contribution is 2.37. The van der Waals surface area contributed by atoms with E-state index in [4.69, 9.17) is 23.7 Å². The maximum Gasteiger partial charge on any atom is 0.349 e. The van der Waals surface area contributed by atoms with Crippen LogP contribution >= 0.6 is 0 Å². The van der Waals surface area contributed by atoms with Crippen LogP contribution in [-0.4, -0.2) is 33.9 Å². The molecule has 0 unspecified atom stereocenters. The number of para-hydroxylation sites is 1. The van der Waals surface area contributed by atoms with Gasteiger partial charge < -0.3 is 23.7 Å². The van der Waals surface area contributed by atoms with Gasteiger partial charge in [0.25, 0.3) is 0 Å². The summed E-state index contributed by atoms with van der Waals surface area (Å²) < 4.78 is 26.5. The standard InChI is InChI=1S/C22H22O6/c1-5-27-22(23)17(15-28-18-9-7-6-8-10-18)12-11-16-13-19(24-2)21(26-4)20(14-16)25-3/h6-10,13-15H,5H2,1-4H3/b17-15+. The normalized spacial score (nSPS) is 10.4. The molecule has 0 radical (unpaired) electrons.